The quantitative estimate of drug-likeness (QED) is 0.177. The van der Waals surface area contributed by atoms with Crippen molar-refractivity contribution >= 4 is 11.8 Å². The molecule has 224 valence electrons. The molecule has 0 spiro atoms. The molecule has 0 aromatic heterocycles. The average Bonchev–Trinajstić information content (AvgIpc) is 3.01. The van der Waals surface area contributed by atoms with Crippen LogP contribution in [0.3, 0.4) is 0 Å². The number of carbonyl (C=O) groups is 2. The number of hydrogen-bond donors (Lipinski definition) is 3. The first-order chi connectivity index (χ1) is 20.8. The van der Waals surface area contributed by atoms with E-state index in [4.69, 9.17) is 9.47 Å². The minimum absolute atomic E-state index is 0.194. The van der Waals surface area contributed by atoms with Gasteiger partial charge >= 0.3 is 0 Å². The molecule has 0 bridgehead atoms. The number of benzene rings is 4. The summed E-state index contributed by atoms with van der Waals surface area (Å²) in [6.45, 7) is 7.92. The van der Waals surface area contributed by atoms with Crippen LogP contribution in [0, 0.1) is 20.8 Å². The van der Waals surface area contributed by atoms with Gasteiger partial charge < -0.3 is 25.4 Å². The fraction of sp³-hybridized carbons (Fsp3) is 0.278. The lowest BCUT2D eigenvalue weighted by Gasteiger charge is -2.18. The second-order valence-electron chi connectivity index (χ2n) is 10.7. The molecule has 0 radical (unpaired) electrons. The van der Waals surface area contributed by atoms with Gasteiger partial charge in [-0.15, -0.1) is 0 Å². The lowest BCUT2D eigenvalue weighted by molar-refractivity contribution is -0.129. The minimum atomic E-state index is -0.714. The normalized spacial score (nSPS) is 11.4. The summed E-state index contributed by atoms with van der Waals surface area (Å²) in [6, 6.07) is 29.3. The maximum atomic E-state index is 12.7. The number of rotatable bonds is 14. The first-order valence-corrected chi connectivity index (χ1v) is 14.6. The van der Waals surface area contributed by atoms with Crippen LogP contribution in [0.2, 0.25) is 0 Å². The molecule has 0 heterocycles. The molecule has 2 amide bonds. The number of carbonyl (C=O) groups excluding carboxylic acids is 2. The lowest BCUT2D eigenvalue weighted by Crippen LogP contribution is -2.48. The van der Waals surface area contributed by atoms with Crippen LogP contribution in [0.1, 0.15) is 27.8 Å². The minimum Gasteiger partial charge on any atom is -0.492 e. The van der Waals surface area contributed by atoms with Crippen molar-refractivity contribution in [2.75, 3.05) is 26.8 Å². The molecule has 7 nitrogen and oxygen atoms in total. The number of ether oxygens (including phenoxy) is 2. The zero-order chi connectivity index (χ0) is 30.6. The highest BCUT2D eigenvalue weighted by Crippen LogP contribution is 2.24. The van der Waals surface area contributed by atoms with Crippen molar-refractivity contribution in [3.8, 4) is 22.6 Å². The van der Waals surface area contributed by atoms with E-state index in [1.54, 1.807) is 7.05 Å². The highest BCUT2D eigenvalue weighted by molar-refractivity contribution is 5.88. The molecular formula is C36H41N3O4. The van der Waals surface area contributed by atoms with Crippen molar-refractivity contribution in [1.29, 1.82) is 0 Å². The van der Waals surface area contributed by atoms with Crippen LogP contribution in [0.15, 0.2) is 91.0 Å². The van der Waals surface area contributed by atoms with E-state index < -0.39 is 6.04 Å². The fourth-order valence-corrected chi connectivity index (χ4v) is 5.07. The number of likely N-dealkylation sites (N-methyl/N-ethyl adjacent to an activating group) is 1. The predicted molar refractivity (Wildman–Crippen MR) is 171 cm³/mol. The summed E-state index contributed by atoms with van der Waals surface area (Å²) in [5.74, 6) is 0.910. The molecule has 0 aliphatic carbocycles. The van der Waals surface area contributed by atoms with Crippen LogP contribution in [0.5, 0.6) is 11.5 Å². The zero-order valence-electron chi connectivity index (χ0n) is 25.4. The largest absolute Gasteiger partial charge is 0.492 e. The summed E-state index contributed by atoms with van der Waals surface area (Å²) in [5.41, 5.74) is 7.72. The van der Waals surface area contributed by atoms with Gasteiger partial charge in [0.1, 0.15) is 24.1 Å². The van der Waals surface area contributed by atoms with E-state index in [2.05, 4.69) is 61.0 Å². The summed E-state index contributed by atoms with van der Waals surface area (Å²) in [7, 11) is 1.56. The van der Waals surface area contributed by atoms with Crippen LogP contribution in [-0.2, 0) is 22.6 Å². The van der Waals surface area contributed by atoms with Gasteiger partial charge in [-0.25, -0.2) is 0 Å². The van der Waals surface area contributed by atoms with E-state index in [9.17, 15) is 9.59 Å². The van der Waals surface area contributed by atoms with Gasteiger partial charge in [-0.1, -0.05) is 84.4 Å². The molecule has 4 aromatic carbocycles. The van der Waals surface area contributed by atoms with Crippen molar-refractivity contribution in [2.24, 2.45) is 0 Å². The van der Waals surface area contributed by atoms with E-state index in [0.717, 1.165) is 39.1 Å². The van der Waals surface area contributed by atoms with Crippen LogP contribution in [0.25, 0.3) is 11.1 Å². The number of hydrogen-bond acceptors (Lipinski definition) is 5. The monoisotopic (exact) mass is 579 g/mol. The average molecular weight is 580 g/mol. The van der Waals surface area contributed by atoms with Gasteiger partial charge in [0.25, 0.3) is 5.91 Å². The molecule has 4 rings (SSSR count). The van der Waals surface area contributed by atoms with Gasteiger partial charge in [-0.05, 0) is 66.3 Å². The molecule has 0 aliphatic heterocycles. The Balaban J connectivity index is 1.23. The van der Waals surface area contributed by atoms with Crippen LogP contribution in [-0.4, -0.2) is 44.7 Å². The molecule has 0 fully saturated rings. The third kappa shape index (κ3) is 9.45. The Morgan fingerprint density at radius 2 is 1.47 bits per heavy atom. The molecule has 0 aliphatic rings. The molecule has 3 N–H and O–H groups in total. The van der Waals surface area contributed by atoms with Gasteiger partial charge in [0.05, 0.1) is 0 Å². The second-order valence-corrected chi connectivity index (χ2v) is 10.7. The Morgan fingerprint density at radius 3 is 2.16 bits per heavy atom. The maximum absolute atomic E-state index is 12.7. The van der Waals surface area contributed by atoms with Crippen molar-refractivity contribution < 1.29 is 19.1 Å². The molecule has 4 aromatic rings. The van der Waals surface area contributed by atoms with Crippen molar-refractivity contribution in [3.63, 3.8) is 0 Å². The van der Waals surface area contributed by atoms with E-state index in [0.29, 0.717) is 31.9 Å². The Morgan fingerprint density at radius 1 is 0.767 bits per heavy atom. The number of nitrogens with one attached hydrogen (secondary N) is 3. The Bertz CT molecular complexity index is 1480. The first-order valence-electron chi connectivity index (χ1n) is 14.6. The number of aryl methyl sites for hydroxylation is 3. The molecular weight excluding hydrogens is 538 g/mol. The van der Waals surface area contributed by atoms with E-state index in [1.165, 1.54) is 5.56 Å². The Labute approximate surface area is 254 Å². The van der Waals surface area contributed by atoms with Crippen molar-refractivity contribution in [2.45, 2.75) is 39.8 Å². The van der Waals surface area contributed by atoms with Crippen LogP contribution < -0.4 is 25.4 Å². The van der Waals surface area contributed by atoms with Gasteiger partial charge in [0.2, 0.25) is 5.91 Å². The van der Waals surface area contributed by atoms with Crippen molar-refractivity contribution in [1.82, 2.24) is 16.0 Å². The smallest absolute Gasteiger partial charge is 0.258 e. The molecule has 0 saturated carbocycles. The number of amides is 2. The van der Waals surface area contributed by atoms with E-state index in [-0.39, 0.29) is 18.4 Å². The highest BCUT2D eigenvalue weighted by atomic mass is 16.5. The summed E-state index contributed by atoms with van der Waals surface area (Å²) < 4.78 is 11.8. The molecule has 0 saturated heterocycles. The Kier molecular flexibility index (Phi) is 11.3. The molecule has 7 heteroatoms. The molecule has 43 heavy (non-hydrogen) atoms. The van der Waals surface area contributed by atoms with E-state index >= 15 is 0 Å². The molecule has 1 atom stereocenters. The third-order valence-corrected chi connectivity index (χ3v) is 7.13. The van der Waals surface area contributed by atoms with Crippen LogP contribution >= 0.6 is 0 Å². The maximum Gasteiger partial charge on any atom is 0.258 e. The summed E-state index contributed by atoms with van der Waals surface area (Å²) >= 11 is 0. The van der Waals surface area contributed by atoms with Gasteiger partial charge in [0.15, 0.2) is 6.61 Å². The standard InChI is InChI=1S/C36H41N3O4/c1-25-19-26(2)35(27(3)20-25)42-18-17-38-23-29-9-8-12-32(21-29)43-24-34(40)39-33(36(41)37-4)22-28-13-15-31(16-14-28)30-10-6-5-7-11-30/h5-16,19-21,33,38H,17-18,22-24H2,1-4H3,(H,37,41)(H,39,40)/t33-/m1/s1. The first kappa shape index (κ1) is 31.3. The van der Waals surface area contributed by atoms with Crippen LogP contribution in [0.4, 0.5) is 0 Å². The summed E-state index contributed by atoms with van der Waals surface area (Å²) in [4.78, 5) is 25.3. The van der Waals surface area contributed by atoms with Crippen molar-refractivity contribution in [3.05, 3.63) is 119 Å². The van der Waals surface area contributed by atoms with Gasteiger partial charge in [-0.2, -0.15) is 0 Å². The molecule has 0 unspecified atom stereocenters. The third-order valence-electron chi connectivity index (χ3n) is 7.13. The zero-order valence-corrected chi connectivity index (χ0v) is 25.4. The highest BCUT2D eigenvalue weighted by Gasteiger charge is 2.20. The van der Waals surface area contributed by atoms with E-state index in [1.807, 2.05) is 66.7 Å². The topological polar surface area (TPSA) is 88.7 Å². The fourth-order valence-electron chi connectivity index (χ4n) is 5.07. The second kappa shape index (κ2) is 15.6. The predicted octanol–water partition coefficient (Wildman–Crippen LogP) is 5.30. The van der Waals surface area contributed by atoms with Gasteiger partial charge in [-0.3, -0.25) is 9.59 Å². The Hall–Kier alpha value is -4.62. The SMILES string of the molecule is CNC(=O)[C@@H](Cc1ccc(-c2ccccc2)cc1)NC(=O)COc1cccc(CNCCOc2c(C)cc(C)cc2C)c1. The van der Waals surface area contributed by atoms with Gasteiger partial charge in [0, 0.05) is 26.6 Å². The summed E-state index contributed by atoms with van der Waals surface area (Å²) in [6.07, 6.45) is 0.369. The lowest BCUT2D eigenvalue weighted by atomic mass is 10.0. The summed E-state index contributed by atoms with van der Waals surface area (Å²) in [5, 5.41) is 8.85.